The Morgan fingerprint density at radius 3 is 2.66 bits per heavy atom. The van der Waals surface area contributed by atoms with Crippen LogP contribution in [0.2, 0.25) is 5.02 Å². The van der Waals surface area contributed by atoms with E-state index in [0.717, 1.165) is 28.8 Å². The minimum Gasteiger partial charge on any atom is -0.252 e. The molecule has 0 bridgehead atoms. The maximum atomic E-state index is 13.3. The highest BCUT2D eigenvalue weighted by molar-refractivity contribution is 6.31. The van der Waals surface area contributed by atoms with Gasteiger partial charge >= 0.3 is 5.91 Å². The molecule has 3 aliphatic carbocycles. The van der Waals surface area contributed by atoms with Crippen LogP contribution in [0.3, 0.4) is 0 Å². The van der Waals surface area contributed by atoms with Gasteiger partial charge in [0.25, 0.3) is 0 Å². The second kappa shape index (κ2) is 6.69. The monoisotopic (exact) mass is 412 g/mol. The molecule has 7 atom stereocenters. The second-order valence-electron chi connectivity index (χ2n) is 11.1. The van der Waals surface area contributed by atoms with E-state index in [0.29, 0.717) is 28.4 Å². The summed E-state index contributed by atoms with van der Waals surface area (Å²) in [5.41, 5.74) is 1.78. The molecule has 0 spiro atoms. The number of quaternary nitrogens is 1. The summed E-state index contributed by atoms with van der Waals surface area (Å²) in [5.74, 6) is 2.69. The molecule has 1 unspecified atom stereocenters. The van der Waals surface area contributed by atoms with Gasteiger partial charge in [0, 0.05) is 28.5 Å². The number of amides is 1. The number of rotatable bonds is 2. The van der Waals surface area contributed by atoms with Crippen LogP contribution in [0.4, 0.5) is 0 Å². The van der Waals surface area contributed by atoms with E-state index < -0.39 is 0 Å². The first-order valence-electron chi connectivity index (χ1n) is 11.6. The predicted octanol–water partition coefficient (Wildman–Crippen LogP) is 6.38. The van der Waals surface area contributed by atoms with Crippen LogP contribution in [-0.2, 0) is 11.3 Å². The molecule has 1 aromatic rings. The van der Waals surface area contributed by atoms with Gasteiger partial charge in [-0.3, -0.25) is 4.48 Å². The normalized spacial score (nSPS) is 46.1. The highest BCUT2D eigenvalue weighted by atomic mass is 35.5. The first-order valence-corrected chi connectivity index (χ1v) is 12.0. The second-order valence-corrected chi connectivity index (χ2v) is 11.5. The maximum absolute atomic E-state index is 13.3. The quantitative estimate of drug-likeness (QED) is 0.514. The summed E-state index contributed by atoms with van der Waals surface area (Å²) in [5, 5.41) is 0.781. The summed E-state index contributed by atoms with van der Waals surface area (Å²) in [7, 11) is 2.17. The molecule has 3 saturated carbocycles. The van der Waals surface area contributed by atoms with Gasteiger partial charge in [-0.2, -0.15) is 0 Å². The van der Waals surface area contributed by atoms with Gasteiger partial charge in [0.2, 0.25) is 0 Å². The Kier molecular flexibility index (Phi) is 4.57. The molecule has 0 saturated heterocycles. The Bertz CT molecular complexity index is 864. The van der Waals surface area contributed by atoms with Crippen LogP contribution in [0.5, 0.6) is 0 Å². The molecule has 4 aliphatic rings. The van der Waals surface area contributed by atoms with Crippen LogP contribution in [-0.4, -0.2) is 23.5 Å². The fourth-order valence-corrected chi connectivity index (χ4v) is 8.44. The van der Waals surface area contributed by atoms with E-state index in [4.69, 9.17) is 11.6 Å². The summed E-state index contributed by atoms with van der Waals surface area (Å²) in [6.45, 7) is 5.73. The number of halogens is 1. The molecule has 3 fully saturated rings. The van der Waals surface area contributed by atoms with Crippen molar-refractivity contribution in [3.63, 3.8) is 0 Å². The standard InChI is InChI=1S/C26H35ClNO/c1-25-14-6-8-20(25)19-10-11-23-26(2,21(19)12-15-25)16-13-24(29)28(23,3)17-18-7-4-5-9-22(18)27/h4-5,7,9,13,16,19-21,23H,6,8,10-12,14-15,17H2,1-3H3/q+1/t19-,20-,21-,23+,25-,26+,28?/m0/s1. The molecule has 0 radical (unpaired) electrons. The van der Waals surface area contributed by atoms with E-state index in [1.165, 1.54) is 38.5 Å². The molecule has 0 N–H and O–H groups in total. The van der Waals surface area contributed by atoms with E-state index in [9.17, 15) is 4.79 Å². The van der Waals surface area contributed by atoms with E-state index >= 15 is 0 Å². The number of nitrogens with zero attached hydrogens (tertiary/aromatic N) is 1. The van der Waals surface area contributed by atoms with E-state index in [1.807, 2.05) is 24.3 Å². The summed E-state index contributed by atoms with van der Waals surface area (Å²) in [4.78, 5) is 13.3. The van der Waals surface area contributed by atoms with Crippen molar-refractivity contribution in [1.82, 2.24) is 0 Å². The molecule has 1 aromatic carbocycles. The van der Waals surface area contributed by atoms with E-state index in [1.54, 1.807) is 0 Å². The molecular formula is C26H35ClNO+. The number of benzene rings is 1. The first kappa shape index (κ1) is 19.8. The van der Waals surface area contributed by atoms with Gasteiger partial charge in [-0.05, 0) is 61.3 Å². The lowest BCUT2D eigenvalue weighted by Gasteiger charge is -2.60. The van der Waals surface area contributed by atoms with Crippen LogP contribution < -0.4 is 0 Å². The topological polar surface area (TPSA) is 17.1 Å². The van der Waals surface area contributed by atoms with Crippen LogP contribution in [0, 0.1) is 28.6 Å². The number of fused-ring (bicyclic) bond motifs is 5. The van der Waals surface area contributed by atoms with Crippen LogP contribution >= 0.6 is 11.6 Å². The zero-order valence-corrected chi connectivity index (χ0v) is 18.9. The minimum absolute atomic E-state index is 0.108. The average molecular weight is 413 g/mol. The number of hydrogen-bond donors (Lipinski definition) is 0. The lowest BCUT2D eigenvalue weighted by Crippen LogP contribution is -2.67. The summed E-state index contributed by atoms with van der Waals surface area (Å²) in [6, 6.07) is 8.40. The van der Waals surface area contributed by atoms with Crippen molar-refractivity contribution in [3.05, 3.63) is 47.0 Å². The maximum Gasteiger partial charge on any atom is 0.338 e. The summed E-state index contributed by atoms with van der Waals surface area (Å²) < 4.78 is 0.474. The SMILES string of the molecule is C[C@@]12CCC[C@H]1[C@@H]1CC[C@@H]3[C@](C)(C=CC(=O)[N+]3(C)Cc3ccccc3Cl)[C@H]1CC2. The molecule has 156 valence electrons. The fraction of sp³-hybridized carbons (Fsp3) is 0.654. The Hall–Kier alpha value is -1.12. The van der Waals surface area contributed by atoms with Gasteiger partial charge in [0.1, 0.15) is 12.6 Å². The average Bonchev–Trinajstić information content (AvgIpc) is 3.09. The molecule has 1 amide bonds. The minimum atomic E-state index is 0.108. The van der Waals surface area contributed by atoms with Gasteiger partial charge in [-0.1, -0.05) is 56.1 Å². The first-order chi connectivity index (χ1) is 13.8. The molecule has 0 aromatic heterocycles. The number of carbonyl (C=O) groups is 1. The summed E-state index contributed by atoms with van der Waals surface area (Å²) >= 11 is 6.51. The van der Waals surface area contributed by atoms with Crippen molar-refractivity contribution in [2.75, 3.05) is 7.05 Å². The predicted molar refractivity (Wildman–Crippen MR) is 118 cm³/mol. The van der Waals surface area contributed by atoms with E-state index in [2.05, 4.69) is 33.0 Å². The van der Waals surface area contributed by atoms with Gasteiger partial charge in [0.15, 0.2) is 0 Å². The smallest absolute Gasteiger partial charge is 0.252 e. The zero-order valence-electron chi connectivity index (χ0n) is 18.2. The summed E-state index contributed by atoms with van der Waals surface area (Å²) in [6.07, 6.45) is 13.6. The van der Waals surface area contributed by atoms with Crippen molar-refractivity contribution in [2.24, 2.45) is 28.6 Å². The molecular weight excluding hydrogens is 378 g/mol. The number of hydrogen-bond acceptors (Lipinski definition) is 1. The fourth-order valence-electron chi connectivity index (χ4n) is 8.24. The lowest BCUT2D eigenvalue weighted by atomic mass is 9.48. The Morgan fingerprint density at radius 1 is 1.07 bits per heavy atom. The lowest BCUT2D eigenvalue weighted by molar-refractivity contribution is -0.882. The molecule has 2 nitrogen and oxygen atoms in total. The van der Waals surface area contributed by atoms with Crippen molar-refractivity contribution in [3.8, 4) is 0 Å². The van der Waals surface area contributed by atoms with Crippen molar-refractivity contribution >= 4 is 17.5 Å². The van der Waals surface area contributed by atoms with Crippen molar-refractivity contribution in [2.45, 2.75) is 71.4 Å². The third-order valence-electron chi connectivity index (χ3n) is 9.74. The Labute approximate surface area is 180 Å². The van der Waals surface area contributed by atoms with Crippen LogP contribution in [0.1, 0.15) is 64.4 Å². The highest BCUT2D eigenvalue weighted by Crippen LogP contribution is 2.64. The molecule has 29 heavy (non-hydrogen) atoms. The van der Waals surface area contributed by atoms with Crippen molar-refractivity contribution < 1.29 is 9.28 Å². The van der Waals surface area contributed by atoms with Crippen LogP contribution in [0.25, 0.3) is 0 Å². The van der Waals surface area contributed by atoms with Gasteiger partial charge in [-0.15, -0.1) is 0 Å². The number of likely N-dealkylation sites (N-methyl/N-ethyl adjacent to an activating group) is 1. The Balaban J connectivity index is 1.51. The van der Waals surface area contributed by atoms with Crippen molar-refractivity contribution in [1.29, 1.82) is 0 Å². The molecule has 1 aliphatic heterocycles. The molecule has 3 heteroatoms. The number of carbonyl (C=O) groups excluding carboxylic acids is 1. The van der Waals surface area contributed by atoms with Gasteiger partial charge in [0.05, 0.1) is 7.05 Å². The molecule has 1 heterocycles. The van der Waals surface area contributed by atoms with Gasteiger partial charge in [-0.25, -0.2) is 4.79 Å². The largest absolute Gasteiger partial charge is 0.338 e. The Morgan fingerprint density at radius 2 is 1.86 bits per heavy atom. The third-order valence-corrected chi connectivity index (χ3v) is 10.1. The third kappa shape index (κ3) is 2.82. The van der Waals surface area contributed by atoms with Crippen LogP contribution in [0.15, 0.2) is 36.4 Å². The molecule has 5 rings (SSSR count). The zero-order chi connectivity index (χ0) is 20.4. The van der Waals surface area contributed by atoms with Gasteiger partial charge < -0.3 is 0 Å². The highest BCUT2D eigenvalue weighted by Gasteiger charge is 2.62. The van der Waals surface area contributed by atoms with E-state index in [-0.39, 0.29) is 11.3 Å².